The highest BCUT2D eigenvalue weighted by atomic mass is 127. The number of anilines is 2. The normalized spacial score (nSPS) is 10.2. The molecule has 0 saturated heterocycles. The number of benzene rings is 1. The molecule has 1 aromatic carbocycles. The zero-order valence-corrected chi connectivity index (χ0v) is 11.3. The fraction of sp³-hybridized carbons (Fsp3) is 0.167. The molecule has 0 spiro atoms. The Morgan fingerprint density at radius 2 is 1.56 bits per heavy atom. The van der Waals surface area contributed by atoms with Crippen LogP contribution in [-0.2, 0) is 0 Å². The summed E-state index contributed by atoms with van der Waals surface area (Å²) < 4.78 is 1.21. The summed E-state index contributed by atoms with van der Waals surface area (Å²) in [7, 11) is 0. The molecule has 1 heterocycles. The summed E-state index contributed by atoms with van der Waals surface area (Å²) in [5, 5.41) is 3.19. The van der Waals surface area contributed by atoms with Crippen molar-refractivity contribution in [3.8, 4) is 0 Å². The van der Waals surface area contributed by atoms with Crippen molar-refractivity contribution in [1.82, 2.24) is 9.97 Å². The first-order valence-corrected chi connectivity index (χ1v) is 6.06. The van der Waals surface area contributed by atoms with Gasteiger partial charge in [-0.2, -0.15) is 0 Å². The van der Waals surface area contributed by atoms with E-state index in [0.717, 1.165) is 17.1 Å². The van der Waals surface area contributed by atoms with Crippen LogP contribution in [0.25, 0.3) is 0 Å². The van der Waals surface area contributed by atoms with Crippen molar-refractivity contribution < 1.29 is 0 Å². The number of hydrogen-bond acceptors (Lipinski definition) is 3. The van der Waals surface area contributed by atoms with Gasteiger partial charge in [0.1, 0.15) is 0 Å². The summed E-state index contributed by atoms with van der Waals surface area (Å²) in [6, 6.07) is 10.1. The molecule has 4 heteroatoms. The standard InChI is InChI=1S/C12H12IN3/c1-8-7-9(2)15-12(14-8)16-11-5-3-10(13)4-6-11/h3-7H,1-2H3,(H,14,15,16). The number of hydrogen-bond donors (Lipinski definition) is 1. The van der Waals surface area contributed by atoms with Gasteiger partial charge in [0.2, 0.25) is 5.95 Å². The molecule has 0 aliphatic carbocycles. The molecule has 1 N–H and O–H groups in total. The van der Waals surface area contributed by atoms with Crippen LogP contribution >= 0.6 is 22.6 Å². The topological polar surface area (TPSA) is 37.8 Å². The maximum absolute atomic E-state index is 4.33. The molecule has 0 bridgehead atoms. The van der Waals surface area contributed by atoms with E-state index in [-0.39, 0.29) is 0 Å². The van der Waals surface area contributed by atoms with E-state index in [9.17, 15) is 0 Å². The Kier molecular flexibility index (Phi) is 3.38. The minimum Gasteiger partial charge on any atom is -0.324 e. The van der Waals surface area contributed by atoms with Crippen molar-refractivity contribution in [2.75, 3.05) is 5.32 Å². The van der Waals surface area contributed by atoms with E-state index in [2.05, 4.69) is 37.9 Å². The molecule has 0 unspecified atom stereocenters. The molecule has 1 aromatic heterocycles. The Hall–Kier alpha value is -1.17. The SMILES string of the molecule is Cc1cc(C)nc(Nc2ccc(I)cc2)n1. The van der Waals surface area contributed by atoms with Crippen LogP contribution in [0, 0.1) is 17.4 Å². The second-order valence-electron chi connectivity index (χ2n) is 3.61. The van der Waals surface area contributed by atoms with Crippen molar-refractivity contribution in [1.29, 1.82) is 0 Å². The highest BCUT2D eigenvalue weighted by Crippen LogP contribution is 2.15. The number of nitrogens with zero attached hydrogens (tertiary/aromatic N) is 2. The Balaban J connectivity index is 2.23. The lowest BCUT2D eigenvalue weighted by atomic mass is 10.3. The lowest BCUT2D eigenvalue weighted by molar-refractivity contribution is 1.06. The fourth-order valence-corrected chi connectivity index (χ4v) is 1.80. The average Bonchev–Trinajstić information content (AvgIpc) is 2.20. The van der Waals surface area contributed by atoms with Crippen LogP contribution < -0.4 is 5.32 Å². The van der Waals surface area contributed by atoms with Crippen LogP contribution in [0.1, 0.15) is 11.4 Å². The number of rotatable bonds is 2. The maximum atomic E-state index is 4.33. The van der Waals surface area contributed by atoms with E-state index in [1.807, 2.05) is 44.2 Å². The molecule has 0 aliphatic rings. The van der Waals surface area contributed by atoms with Gasteiger partial charge in [-0.1, -0.05) is 0 Å². The van der Waals surface area contributed by atoms with Gasteiger partial charge in [-0.15, -0.1) is 0 Å². The Labute approximate surface area is 108 Å². The van der Waals surface area contributed by atoms with Crippen molar-refractivity contribution in [2.24, 2.45) is 0 Å². The molecular weight excluding hydrogens is 313 g/mol. The predicted octanol–water partition coefficient (Wildman–Crippen LogP) is 3.44. The van der Waals surface area contributed by atoms with Gasteiger partial charge in [0, 0.05) is 20.6 Å². The highest BCUT2D eigenvalue weighted by molar-refractivity contribution is 14.1. The van der Waals surface area contributed by atoms with E-state index in [1.54, 1.807) is 0 Å². The Bertz CT molecular complexity index is 474. The van der Waals surface area contributed by atoms with Crippen molar-refractivity contribution in [3.63, 3.8) is 0 Å². The number of nitrogens with one attached hydrogen (secondary N) is 1. The smallest absolute Gasteiger partial charge is 0.227 e. The second kappa shape index (κ2) is 4.78. The summed E-state index contributed by atoms with van der Waals surface area (Å²) in [5.74, 6) is 0.652. The fourth-order valence-electron chi connectivity index (χ4n) is 1.44. The summed E-state index contributed by atoms with van der Waals surface area (Å²) in [6.07, 6.45) is 0. The van der Waals surface area contributed by atoms with E-state index >= 15 is 0 Å². The van der Waals surface area contributed by atoms with Gasteiger partial charge in [0.15, 0.2) is 0 Å². The van der Waals surface area contributed by atoms with Crippen LogP contribution in [0.3, 0.4) is 0 Å². The van der Waals surface area contributed by atoms with E-state index in [1.165, 1.54) is 3.57 Å². The first-order valence-electron chi connectivity index (χ1n) is 4.98. The number of aromatic nitrogens is 2. The largest absolute Gasteiger partial charge is 0.324 e. The minimum absolute atomic E-state index is 0.652. The van der Waals surface area contributed by atoms with Gasteiger partial charge >= 0.3 is 0 Å². The van der Waals surface area contributed by atoms with Crippen LogP contribution in [0.5, 0.6) is 0 Å². The van der Waals surface area contributed by atoms with Crippen LogP contribution in [-0.4, -0.2) is 9.97 Å². The van der Waals surface area contributed by atoms with Gasteiger partial charge in [-0.25, -0.2) is 9.97 Å². The monoisotopic (exact) mass is 325 g/mol. The van der Waals surface area contributed by atoms with Crippen molar-refractivity contribution in [3.05, 3.63) is 45.3 Å². The molecule has 0 radical (unpaired) electrons. The molecular formula is C12H12IN3. The molecule has 16 heavy (non-hydrogen) atoms. The van der Waals surface area contributed by atoms with E-state index < -0.39 is 0 Å². The highest BCUT2D eigenvalue weighted by Gasteiger charge is 1.99. The first kappa shape index (κ1) is 11.3. The zero-order chi connectivity index (χ0) is 11.5. The van der Waals surface area contributed by atoms with E-state index in [4.69, 9.17) is 0 Å². The summed E-state index contributed by atoms with van der Waals surface area (Å²) in [4.78, 5) is 8.66. The molecule has 0 aliphatic heterocycles. The predicted molar refractivity (Wildman–Crippen MR) is 73.9 cm³/mol. The third-order valence-electron chi connectivity index (χ3n) is 2.08. The number of aryl methyl sites for hydroxylation is 2. The summed E-state index contributed by atoms with van der Waals surface area (Å²) >= 11 is 2.28. The summed E-state index contributed by atoms with van der Waals surface area (Å²) in [5.41, 5.74) is 2.95. The Morgan fingerprint density at radius 3 is 2.12 bits per heavy atom. The van der Waals surface area contributed by atoms with Gasteiger partial charge in [0.25, 0.3) is 0 Å². The van der Waals surface area contributed by atoms with Crippen LogP contribution in [0.15, 0.2) is 30.3 Å². The van der Waals surface area contributed by atoms with Crippen LogP contribution in [0.2, 0.25) is 0 Å². The van der Waals surface area contributed by atoms with Crippen molar-refractivity contribution in [2.45, 2.75) is 13.8 Å². The Morgan fingerprint density at radius 1 is 1.00 bits per heavy atom. The molecule has 0 amide bonds. The maximum Gasteiger partial charge on any atom is 0.227 e. The lowest BCUT2D eigenvalue weighted by Gasteiger charge is -2.06. The van der Waals surface area contributed by atoms with Gasteiger partial charge in [-0.3, -0.25) is 0 Å². The van der Waals surface area contributed by atoms with Gasteiger partial charge in [0.05, 0.1) is 0 Å². The van der Waals surface area contributed by atoms with Gasteiger partial charge < -0.3 is 5.32 Å². The third-order valence-corrected chi connectivity index (χ3v) is 2.80. The lowest BCUT2D eigenvalue weighted by Crippen LogP contribution is -1.99. The third kappa shape index (κ3) is 2.91. The molecule has 0 fully saturated rings. The molecule has 2 aromatic rings. The molecule has 2 rings (SSSR count). The van der Waals surface area contributed by atoms with Crippen LogP contribution in [0.4, 0.5) is 11.6 Å². The molecule has 82 valence electrons. The second-order valence-corrected chi connectivity index (χ2v) is 4.85. The number of halogens is 1. The molecule has 0 saturated carbocycles. The van der Waals surface area contributed by atoms with Gasteiger partial charge in [-0.05, 0) is 66.8 Å². The molecule has 0 atom stereocenters. The summed E-state index contributed by atoms with van der Waals surface area (Å²) in [6.45, 7) is 3.93. The molecule has 3 nitrogen and oxygen atoms in total. The quantitative estimate of drug-likeness (QED) is 0.860. The average molecular weight is 325 g/mol. The van der Waals surface area contributed by atoms with E-state index in [0.29, 0.717) is 5.95 Å². The zero-order valence-electron chi connectivity index (χ0n) is 9.16. The van der Waals surface area contributed by atoms with Crippen molar-refractivity contribution >= 4 is 34.2 Å². The minimum atomic E-state index is 0.652. The first-order chi connectivity index (χ1) is 7.63.